The van der Waals surface area contributed by atoms with Gasteiger partial charge in [0.2, 0.25) is 11.8 Å². The zero-order valence-electron chi connectivity index (χ0n) is 37.1. The lowest BCUT2D eigenvalue weighted by Crippen LogP contribution is -2.28. The average molecular weight is 898 g/mol. The molecule has 2 fully saturated rings. The number of methoxy groups -OCH3 is 4. The van der Waals surface area contributed by atoms with Gasteiger partial charge < -0.3 is 33.7 Å². The van der Waals surface area contributed by atoms with Crippen molar-refractivity contribution in [1.29, 1.82) is 0 Å². The molecule has 1 aliphatic heterocycles. The summed E-state index contributed by atoms with van der Waals surface area (Å²) >= 11 is 6.24. The fourth-order valence-electron chi connectivity index (χ4n) is 7.92. The number of aliphatic hydroxyl groups excluding tert-OH is 1. The Labute approximate surface area is 383 Å². The van der Waals surface area contributed by atoms with Crippen molar-refractivity contribution in [3.63, 3.8) is 0 Å². The van der Waals surface area contributed by atoms with Crippen LogP contribution in [0.2, 0.25) is 5.15 Å². The monoisotopic (exact) mass is 897 g/mol. The van der Waals surface area contributed by atoms with E-state index in [4.69, 9.17) is 45.4 Å². The molecule has 0 bridgehead atoms. The molecule has 65 heavy (non-hydrogen) atoms. The van der Waals surface area contributed by atoms with Gasteiger partial charge >= 0.3 is 0 Å². The minimum Gasteiger partial charge on any atom is -0.493 e. The second kappa shape index (κ2) is 21.7. The number of benzene rings is 3. The van der Waals surface area contributed by atoms with Crippen LogP contribution in [0.3, 0.4) is 0 Å². The van der Waals surface area contributed by atoms with E-state index in [1.807, 2.05) is 115 Å². The van der Waals surface area contributed by atoms with Crippen molar-refractivity contribution in [2.75, 3.05) is 48.2 Å². The Balaban J connectivity index is 0.000000152. The maximum atomic E-state index is 11.8. The van der Waals surface area contributed by atoms with Crippen molar-refractivity contribution in [3.05, 3.63) is 126 Å². The highest BCUT2D eigenvalue weighted by atomic mass is 35.5. The van der Waals surface area contributed by atoms with Crippen molar-refractivity contribution in [1.82, 2.24) is 24.8 Å². The first-order chi connectivity index (χ1) is 31.6. The molecule has 0 spiro atoms. The van der Waals surface area contributed by atoms with Gasteiger partial charge in [0.05, 0.1) is 68.9 Å². The maximum Gasteiger partial charge on any atom is 0.223 e. The van der Waals surface area contributed by atoms with E-state index >= 15 is 0 Å². The van der Waals surface area contributed by atoms with E-state index in [9.17, 15) is 9.59 Å². The maximum absolute atomic E-state index is 11.8. The molecule has 1 N–H and O–H groups in total. The molecule has 5 heterocycles. The predicted molar refractivity (Wildman–Crippen MR) is 251 cm³/mol. The molecule has 9 rings (SSSR count). The number of halogens is 1. The lowest BCUT2D eigenvalue weighted by molar-refractivity contribution is -0.129. The van der Waals surface area contributed by atoms with Gasteiger partial charge in [0.1, 0.15) is 10.9 Å². The largest absolute Gasteiger partial charge is 0.493 e. The van der Waals surface area contributed by atoms with Crippen LogP contribution in [0, 0.1) is 11.8 Å². The summed E-state index contributed by atoms with van der Waals surface area (Å²) in [5.41, 5.74) is 6.02. The Morgan fingerprint density at radius 2 is 1.28 bits per heavy atom. The van der Waals surface area contributed by atoms with Crippen LogP contribution in [0.15, 0.2) is 116 Å². The van der Waals surface area contributed by atoms with Gasteiger partial charge in [0.25, 0.3) is 0 Å². The summed E-state index contributed by atoms with van der Waals surface area (Å²) in [6.07, 6.45) is 6.08. The van der Waals surface area contributed by atoms with Crippen LogP contribution in [0.25, 0.3) is 44.3 Å². The van der Waals surface area contributed by atoms with Crippen LogP contribution >= 0.6 is 11.6 Å². The lowest BCUT2D eigenvalue weighted by Gasteiger charge is -2.25. The number of rotatable bonds is 12. The Hall–Kier alpha value is -6.83. The number of hydrogen-bond acceptors (Lipinski definition) is 12. The molecule has 1 amide bonds. The lowest BCUT2D eigenvalue weighted by atomic mass is 10.1. The smallest absolute Gasteiger partial charge is 0.223 e. The van der Waals surface area contributed by atoms with Crippen LogP contribution in [0.4, 0.5) is 0 Å². The number of ketones is 1. The van der Waals surface area contributed by atoms with Gasteiger partial charge in [-0.15, -0.1) is 0 Å². The topological polar surface area (TPSA) is 155 Å². The van der Waals surface area contributed by atoms with E-state index in [1.54, 1.807) is 40.8 Å². The van der Waals surface area contributed by atoms with Gasteiger partial charge in [-0.25, -0.2) is 9.97 Å². The molecule has 13 nitrogen and oxygen atoms in total. The number of Topliss-reactive ketones (excluding diaryl/α,β-unsaturated/α-hetero) is 1. The normalized spacial score (nSPS) is 16.0. The number of carbonyl (C=O) groups is 2. The average Bonchev–Trinajstić information content (AvgIpc) is 3.96. The molecule has 1 saturated heterocycles. The number of fused-ring (bicyclic) bond motifs is 2. The van der Waals surface area contributed by atoms with Gasteiger partial charge in [-0.05, 0) is 91.7 Å². The minimum absolute atomic E-state index is 0.101. The highest BCUT2D eigenvalue weighted by molar-refractivity contribution is 6.34. The fourth-order valence-corrected chi connectivity index (χ4v) is 8.17. The summed E-state index contributed by atoms with van der Waals surface area (Å²) in [5, 5.41) is 11.2. The van der Waals surface area contributed by atoms with Crippen LogP contribution < -0.4 is 23.7 Å². The van der Waals surface area contributed by atoms with Gasteiger partial charge in [0, 0.05) is 73.2 Å². The summed E-state index contributed by atoms with van der Waals surface area (Å²) in [6, 6.07) is 32.8. The summed E-state index contributed by atoms with van der Waals surface area (Å²) in [7, 11) is 6.42. The van der Waals surface area contributed by atoms with Gasteiger partial charge in [0.15, 0.2) is 23.0 Å². The van der Waals surface area contributed by atoms with E-state index in [0.29, 0.717) is 72.2 Å². The van der Waals surface area contributed by atoms with Crippen LogP contribution in [-0.2, 0) is 9.59 Å². The Bertz CT molecular complexity index is 2760. The van der Waals surface area contributed by atoms with Crippen LogP contribution in [0.1, 0.15) is 44.2 Å². The SMILES string of the molecule is COc1ccc(-c2cc3ncccc3c(Cl)n2)cc1OC.COc1ccc(-c2cc3ncccc3c(OC[C@H]3CCC(=O)C3)n2)cc1OC.C[C@H](c1ccccc1)N1C[C@H](CO)CC1=O. The fraction of sp³-hybridized carbons (Fsp3) is 0.294. The summed E-state index contributed by atoms with van der Waals surface area (Å²) < 4.78 is 27.3. The van der Waals surface area contributed by atoms with Crippen molar-refractivity contribution in [2.45, 2.75) is 38.6 Å². The van der Waals surface area contributed by atoms with Gasteiger partial charge in [-0.3, -0.25) is 19.6 Å². The number of carbonyl (C=O) groups excluding carboxylic acids is 2. The Kier molecular flexibility index (Phi) is 15.4. The number of aliphatic hydroxyl groups is 1. The molecule has 3 atom stereocenters. The standard InChI is InChI=1S/C22H22N2O4.C16H13ClN2O2.C13H17NO2/c1-26-20-8-6-15(11-21(20)27-2)18-12-19-17(4-3-9-23-19)22(24-18)28-13-14-5-7-16(25)10-14;1-20-14-6-5-10(8-15(14)21-2)12-9-13-11(16(17)19-12)4-3-7-18-13;1-10(12-5-3-2-4-6-12)14-8-11(9-15)7-13(14)16/h3-4,6,8-9,11-12,14H,5,7,10,13H2,1-2H3;3-9H,1-2H3;2-6,10-11,15H,7-9H2,1H3/t14-;;10-,11-/m0.1/s1. The van der Waals surface area contributed by atoms with Crippen LogP contribution in [-0.4, -0.2) is 89.8 Å². The van der Waals surface area contributed by atoms with E-state index in [0.717, 1.165) is 56.3 Å². The molecule has 336 valence electrons. The molecule has 0 unspecified atom stereocenters. The first-order valence-electron chi connectivity index (χ1n) is 21.3. The van der Waals surface area contributed by atoms with Gasteiger partial charge in [-0.1, -0.05) is 41.9 Å². The molecule has 4 aromatic heterocycles. The molecule has 1 saturated carbocycles. The van der Waals surface area contributed by atoms with Gasteiger partial charge in [-0.2, -0.15) is 0 Å². The first-order valence-corrected chi connectivity index (χ1v) is 21.7. The van der Waals surface area contributed by atoms with Crippen molar-refractivity contribution in [3.8, 4) is 51.4 Å². The third-order valence-electron chi connectivity index (χ3n) is 11.5. The Morgan fingerprint density at radius 1 is 0.692 bits per heavy atom. The zero-order valence-corrected chi connectivity index (χ0v) is 37.8. The molecular weight excluding hydrogens is 846 g/mol. The number of pyridine rings is 4. The van der Waals surface area contributed by atoms with Crippen molar-refractivity contribution < 1.29 is 38.4 Å². The first kappa shape index (κ1) is 46.2. The number of amides is 1. The van der Waals surface area contributed by atoms with E-state index in [-0.39, 0.29) is 30.4 Å². The number of nitrogens with zero attached hydrogens (tertiary/aromatic N) is 5. The second-order valence-electron chi connectivity index (χ2n) is 15.7. The number of likely N-dealkylation sites (tertiary alicyclic amines) is 1. The summed E-state index contributed by atoms with van der Waals surface area (Å²) in [6.45, 7) is 3.29. The highest BCUT2D eigenvalue weighted by Gasteiger charge is 2.32. The number of aromatic nitrogens is 4. The number of ether oxygens (including phenoxy) is 5. The molecule has 3 aromatic carbocycles. The Morgan fingerprint density at radius 3 is 1.83 bits per heavy atom. The molecule has 2 aliphatic rings. The molecule has 14 heteroatoms. The number of hydrogen-bond donors (Lipinski definition) is 1. The molecule has 0 radical (unpaired) electrons. The third-order valence-corrected chi connectivity index (χ3v) is 11.8. The van der Waals surface area contributed by atoms with E-state index < -0.39 is 0 Å². The highest BCUT2D eigenvalue weighted by Crippen LogP contribution is 2.36. The summed E-state index contributed by atoms with van der Waals surface area (Å²) in [5.74, 6) is 3.98. The predicted octanol–water partition coefficient (Wildman–Crippen LogP) is 9.62. The van der Waals surface area contributed by atoms with E-state index in [1.165, 1.54) is 0 Å². The van der Waals surface area contributed by atoms with E-state index in [2.05, 4.69) is 15.0 Å². The van der Waals surface area contributed by atoms with Crippen LogP contribution in [0.5, 0.6) is 28.9 Å². The van der Waals surface area contributed by atoms with Crippen molar-refractivity contribution >= 4 is 45.1 Å². The minimum atomic E-state index is 0.101. The van der Waals surface area contributed by atoms with Crippen molar-refractivity contribution in [2.24, 2.45) is 11.8 Å². The third kappa shape index (κ3) is 11.1. The molecule has 1 aliphatic carbocycles. The summed E-state index contributed by atoms with van der Waals surface area (Å²) in [4.78, 5) is 43.1. The molecular formula is C51H52ClN5O8. The molecule has 7 aromatic rings. The second-order valence-corrected chi connectivity index (χ2v) is 16.1. The quantitative estimate of drug-likeness (QED) is 0.116. The zero-order chi connectivity index (χ0) is 45.9.